The Hall–Kier alpha value is -1.39. The van der Waals surface area contributed by atoms with Gasteiger partial charge in [-0.05, 0) is 37.4 Å². The Balaban J connectivity index is 0.00000243. The third-order valence-corrected chi connectivity index (χ3v) is 6.47. The van der Waals surface area contributed by atoms with Crippen molar-refractivity contribution in [3.05, 3.63) is 46.5 Å². The Morgan fingerprint density at radius 3 is 2.62 bits per heavy atom. The van der Waals surface area contributed by atoms with Crippen molar-refractivity contribution in [2.24, 2.45) is 5.73 Å². The molecule has 0 amide bonds. The number of thioether (sulfide) groups is 1. The molecule has 2 aromatic heterocycles. The first-order chi connectivity index (χ1) is 11.8. The normalized spacial score (nSPS) is 11.6. The van der Waals surface area contributed by atoms with E-state index in [-0.39, 0.29) is 44.4 Å². The minimum Gasteiger partial charge on any atom is -0.325 e. The number of nitrogens with zero attached hydrogens (tertiary/aromatic N) is 3. The highest BCUT2D eigenvalue weighted by molar-refractivity contribution is 7.99. The second-order valence-electron chi connectivity index (χ2n) is 5.25. The molecular formula is C15H15Cl2FN4O2S2. The molecule has 0 aliphatic rings. The van der Waals surface area contributed by atoms with Gasteiger partial charge in [-0.3, -0.25) is 0 Å². The maximum Gasteiger partial charge on any atom is 0.213 e. The standard InChI is InChI=1S/C15H14ClFN4O2S2.ClH/c1-8-5-9(7-18)21-14(19-8)13(15(20-21)24-2)25(22,23)10-3-4-12(17)11(16)6-10;/h3-6H,7,18H2,1-2H3;1H. The van der Waals surface area contributed by atoms with Gasteiger partial charge in [0.2, 0.25) is 9.84 Å². The number of fused-ring (bicyclic) bond motifs is 1. The minimum absolute atomic E-state index is 0. The van der Waals surface area contributed by atoms with Gasteiger partial charge in [-0.25, -0.2) is 22.3 Å². The smallest absolute Gasteiger partial charge is 0.213 e. The summed E-state index contributed by atoms with van der Waals surface area (Å²) in [6, 6.07) is 5.02. The van der Waals surface area contributed by atoms with Crippen LogP contribution in [0.4, 0.5) is 4.39 Å². The van der Waals surface area contributed by atoms with E-state index in [0.717, 1.165) is 12.1 Å². The van der Waals surface area contributed by atoms with Gasteiger partial charge in [0, 0.05) is 12.2 Å². The molecule has 0 aliphatic heterocycles. The summed E-state index contributed by atoms with van der Waals surface area (Å²) in [4.78, 5) is 4.17. The summed E-state index contributed by atoms with van der Waals surface area (Å²) in [6.07, 6.45) is 1.72. The molecule has 26 heavy (non-hydrogen) atoms. The molecule has 6 nitrogen and oxygen atoms in total. The highest BCUT2D eigenvalue weighted by Crippen LogP contribution is 2.33. The molecule has 2 heterocycles. The van der Waals surface area contributed by atoms with Crippen LogP contribution in [0.1, 0.15) is 11.4 Å². The molecule has 0 saturated carbocycles. The third-order valence-electron chi connectivity index (χ3n) is 3.59. The van der Waals surface area contributed by atoms with Crippen molar-refractivity contribution < 1.29 is 12.8 Å². The number of aromatic nitrogens is 3. The first-order valence-corrected chi connectivity index (χ1v) is 10.2. The van der Waals surface area contributed by atoms with Crippen LogP contribution < -0.4 is 5.73 Å². The zero-order valence-electron chi connectivity index (χ0n) is 13.7. The van der Waals surface area contributed by atoms with Crippen LogP contribution in [0, 0.1) is 12.7 Å². The van der Waals surface area contributed by atoms with Crippen LogP contribution in [0.5, 0.6) is 0 Å². The predicted octanol–water partition coefficient (Wildman–Crippen LogP) is 3.27. The van der Waals surface area contributed by atoms with Crippen molar-refractivity contribution in [1.82, 2.24) is 14.6 Å². The van der Waals surface area contributed by atoms with E-state index in [0.29, 0.717) is 11.4 Å². The molecule has 2 N–H and O–H groups in total. The molecule has 11 heteroatoms. The lowest BCUT2D eigenvalue weighted by Gasteiger charge is -2.07. The van der Waals surface area contributed by atoms with Gasteiger partial charge in [-0.1, -0.05) is 11.6 Å². The number of halogens is 3. The Morgan fingerprint density at radius 2 is 2.04 bits per heavy atom. The Morgan fingerprint density at radius 1 is 1.35 bits per heavy atom. The van der Waals surface area contributed by atoms with Crippen LogP contribution in [0.15, 0.2) is 39.1 Å². The zero-order chi connectivity index (χ0) is 18.4. The van der Waals surface area contributed by atoms with Crippen LogP contribution in [-0.2, 0) is 16.4 Å². The average Bonchev–Trinajstić information content (AvgIpc) is 2.95. The predicted molar refractivity (Wildman–Crippen MR) is 102 cm³/mol. The van der Waals surface area contributed by atoms with Gasteiger partial charge in [0.1, 0.15) is 10.8 Å². The molecule has 0 unspecified atom stereocenters. The fraction of sp³-hybridized carbons (Fsp3) is 0.200. The molecule has 0 bridgehead atoms. The maximum absolute atomic E-state index is 13.4. The van der Waals surface area contributed by atoms with E-state index in [9.17, 15) is 12.8 Å². The van der Waals surface area contributed by atoms with E-state index in [1.165, 1.54) is 22.3 Å². The molecule has 140 valence electrons. The van der Waals surface area contributed by atoms with E-state index in [4.69, 9.17) is 17.3 Å². The van der Waals surface area contributed by atoms with Gasteiger partial charge in [-0.15, -0.1) is 24.2 Å². The number of sulfone groups is 1. The summed E-state index contributed by atoms with van der Waals surface area (Å²) in [5.41, 5.74) is 7.18. The van der Waals surface area contributed by atoms with Gasteiger partial charge >= 0.3 is 0 Å². The summed E-state index contributed by atoms with van der Waals surface area (Å²) >= 11 is 6.92. The van der Waals surface area contributed by atoms with Gasteiger partial charge in [0.05, 0.1) is 15.6 Å². The Kier molecular flexibility index (Phi) is 6.19. The molecule has 0 fully saturated rings. The topological polar surface area (TPSA) is 90.3 Å². The lowest BCUT2D eigenvalue weighted by atomic mass is 10.3. The Labute approximate surface area is 165 Å². The van der Waals surface area contributed by atoms with Crippen molar-refractivity contribution in [2.75, 3.05) is 6.26 Å². The number of hydrogen-bond acceptors (Lipinski definition) is 6. The van der Waals surface area contributed by atoms with E-state index < -0.39 is 15.7 Å². The van der Waals surface area contributed by atoms with E-state index in [2.05, 4.69) is 10.1 Å². The highest BCUT2D eigenvalue weighted by atomic mass is 35.5. The zero-order valence-corrected chi connectivity index (χ0v) is 16.9. The Bertz CT molecular complexity index is 1090. The lowest BCUT2D eigenvalue weighted by Crippen LogP contribution is -2.08. The first-order valence-electron chi connectivity index (χ1n) is 7.13. The van der Waals surface area contributed by atoms with Crippen LogP contribution in [0.3, 0.4) is 0 Å². The van der Waals surface area contributed by atoms with Gasteiger partial charge in [0.15, 0.2) is 10.5 Å². The van der Waals surface area contributed by atoms with Crippen molar-refractivity contribution in [1.29, 1.82) is 0 Å². The summed E-state index contributed by atoms with van der Waals surface area (Å²) in [5.74, 6) is -0.690. The second-order valence-corrected chi connectivity index (χ2v) is 8.33. The van der Waals surface area contributed by atoms with E-state index in [1.54, 1.807) is 19.2 Å². The summed E-state index contributed by atoms with van der Waals surface area (Å²) in [5, 5.41) is 4.34. The number of rotatable bonds is 4. The molecule has 0 atom stereocenters. The van der Waals surface area contributed by atoms with Crippen molar-refractivity contribution in [3.8, 4) is 0 Å². The minimum atomic E-state index is -4.00. The lowest BCUT2D eigenvalue weighted by molar-refractivity contribution is 0.593. The molecule has 0 spiro atoms. The molecule has 1 aromatic carbocycles. The fourth-order valence-electron chi connectivity index (χ4n) is 2.45. The second kappa shape index (κ2) is 7.69. The largest absolute Gasteiger partial charge is 0.325 e. The van der Waals surface area contributed by atoms with E-state index >= 15 is 0 Å². The van der Waals surface area contributed by atoms with Crippen LogP contribution in [0.2, 0.25) is 5.02 Å². The van der Waals surface area contributed by atoms with Crippen molar-refractivity contribution >= 4 is 51.3 Å². The van der Waals surface area contributed by atoms with Crippen LogP contribution >= 0.6 is 35.8 Å². The maximum atomic E-state index is 13.4. The highest BCUT2D eigenvalue weighted by Gasteiger charge is 2.29. The van der Waals surface area contributed by atoms with Crippen molar-refractivity contribution in [2.45, 2.75) is 28.3 Å². The number of benzene rings is 1. The molecule has 0 radical (unpaired) electrons. The third kappa shape index (κ3) is 3.41. The summed E-state index contributed by atoms with van der Waals surface area (Å²) < 4.78 is 41.1. The van der Waals surface area contributed by atoms with Gasteiger partial charge in [0.25, 0.3) is 0 Å². The number of aryl methyl sites for hydroxylation is 1. The molecular weight excluding hydrogens is 422 g/mol. The van der Waals surface area contributed by atoms with Gasteiger partial charge < -0.3 is 5.73 Å². The molecule has 0 aliphatic carbocycles. The molecule has 0 saturated heterocycles. The number of hydrogen-bond donors (Lipinski definition) is 1. The summed E-state index contributed by atoms with van der Waals surface area (Å²) in [7, 11) is -4.00. The monoisotopic (exact) mass is 436 g/mol. The van der Waals surface area contributed by atoms with Crippen LogP contribution in [0.25, 0.3) is 5.65 Å². The van der Waals surface area contributed by atoms with Gasteiger partial charge in [-0.2, -0.15) is 5.10 Å². The fourth-order valence-corrected chi connectivity index (χ4v) is 5.11. The molecule has 3 rings (SSSR count). The van der Waals surface area contributed by atoms with Crippen molar-refractivity contribution in [3.63, 3.8) is 0 Å². The average molecular weight is 437 g/mol. The van der Waals surface area contributed by atoms with E-state index in [1.807, 2.05) is 0 Å². The molecule has 3 aromatic rings. The first kappa shape index (κ1) is 20.9. The number of nitrogens with two attached hydrogens (primary N) is 1. The van der Waals surface area contributed by atoms with Crippen LogP contribution in [-0.4, -0.2) is 29.3 Å². The summed E-state index contributed by atoms with van der Waals surface area (Å²) in [6.45, 7) is 1.92. The quantitative estimate of drug-likeness (QED) is 0.498. The SMILES string of the molecule is CSc1nn2c(CN)cc(C)nc2c1S(=O)(=O)c1ccc(F)c(Cl)c1.Cl.